The molecule has 1 N–H and O–H groups in total. The van der Waals surface area contributed by atoms with E-state index in [-0.39, 0.29) is 5.91 Å². The quantitative estimate of drug-likeness (QED) is 0.819. The molecule has 19 heavy (non-hydrogen) atoms. The molecule has 1 aliphatic rings. The minimum Gasteiger partial charge on any atom is -0.381 e. The highest BCUT2D eigenvalue weighted by atomic mass is 16.5. The molecule has 1 aromatic heterocycles. The van der Waals surface area contributed by atoms with E-state index < -0.39 is 0 Å². The molecule has 1 aromatic rings. The number of pyridine rings is 1. The lowest BCUT2D eigenvalue weighted by atomic mass is 10.1. The van der Waals surface area contributed by atoms with Crippen LogP contribution in [0, 0.1) is 5.92 Å². The number of aromatic nitrogens is 1. The van der Waals surface area contributed by atoms with Gasteiger partial charge >= 0.3 is 0 Å². The molecular weight excluding hydrogens is 242 g/mol. The van der Waals surface area contributed by atoms with Crippen molar-refractivity contribution in [1.29, 1.82) is 0 Å². The van der Waals surface area contributed by atoms with Gasteiger partial charge < -0.3 is 10.1 Å². The zero-order valence-corrected chi connectivity index (χ0v) is 11.3. The van der Waals surface area contributed by atoms with Gasteiger partial charge in [0.1, 0.15) is 0 Å². The molecule has 1 atom stereocenters. The molecule has 1 amide bonds. The van der Waals surface area contributed by atoms with Crippen LogP contribution in [0.5, 0.6) is 0 Å². The van der Waals surface area contributed by atoms with E-state index in [1.807, 2.05) is 24.1 Å². The van der Waals surface area contributed by atoms with Gasteiger partial charge in [-0.3, -0.25) is 14.7 Å². The molecule has 1 fully saturated rings. The molecule has 5 heteroatoms. The second-order valence-electron chi connectivity index (χ2n) is 5.06. The average Bonchev–Trinajstić information content (AvgIpc) is 2.90. The number of carbonyl (C=O) groups is 1. The second kappa shape index (κ2) is 7.21. The summed E-state index contributed by atoms with van der Waals surface area (Å²) in [6.07, 6.45) is 4.58. The number of hydrogen-bond donors (Lipinski definition) is 1. The van der Waals surface area contributed by atoms with Crippen molar-refractivity contribution in [2.75, 3.05) is 33.4 Å². The fraction of sp³-hybridized carbons (Fsp3) is 0.571. The lowest BCUT2D eigenvalue weighted by molar-refractivity contribution is -0.122. The van der Waals surface area contributed by atoms with E-state index in [2.05, 4.69) is 10.3 Å². The molecule has 0 unspecified atom stereocenters. The first kappa shape index (κ1) is 14.0. The van der Waals surface area contributed by atoms with Crippen LogP contribution in [0.15, 0.2) is 24.5 Å². The predicted octanol–water partition coefficient (Wildman–Crippen LogP) is 0.666. The summed E-state index contributed by atoms with van der Waals surface area (Å²) in [7, 11) is 1.94. The SMILES string of the molecule is CN(CC(=O)NC[C@H]1CCOC1)Cc1ccncc1. The van der Waals surface area contributed by atoms with E-state index in [1.165, 1.54) is 0 Å². The van der Waals surface area contributed by atoms with Crippen LogP contribution >= 0.6 is 0 Å². The molecule has 1 saturated heterocycles. The predicted molar refractivity (Wildman–Crippen MR) is 72.5 cm³/mol. The van der Waals surface area contributed by atoms with Gasteiger partial charge in [0.2, 0.25) is 5.91 Å². The summed E-state index contributed by atoms with van der Waals surface area (Å²) in [4.78, 5) is 17.8. The van der Waals surface area contributed by atoms with Crippen molar-refractivity contribution >= 4 is 5.91 Å². The molecule has 0 bridgehead atoms. The van der Waals surface area contributed by atoms with Gasteiger partial charge in [-0.1, -0.05) is 0 Å². The van der Waals surface area contributed by atoms with Crippen LogP contribution in [0.25, 0.3) is 0 Å². The smallest absolute Gasteiger partial charge is 0.234 e. The van der Waals surface area contributed by atoms with Crippen LogP contribution < -0.4 is 5.32 Å². The fourth-order valence-corrected chi connectivity index (χ4v) is 2.16. The molecule has 2 rings (SSSR count). The third kappa shape index (κ3) is 4.96. The van der Waals surface area contributed by atoms with Gasteiger partial charge in [0, 0.05) is 38.0 Å². The molecule has 0 spiro atoms. The van der Waals surface area contributed by atoms with E-state index in [0.29, 0.717) is 12.5 Å². The van der Waals surface area contributed by atoms with Crippen LogP contribution in [-0.4, -0.2) is 49.1 Å². The van der Waals surface area contributed by atoms with Gasteiger partial charge in [0.25, 0.3) is 0 Å². The van der Waals surface area contributed by atoms with Crippen molar-refractivity contribution in [2.24, 2.45) is 5.92 Å². The van der Waals surface area contributed by atoms with Gasteiger partial charge in [-0.25, -0.2) is 0 Å². The van der Waals surface area contributed by atoms with E-state index in [1.54, 1.807) is 12.4 Å². The van der Waals surface area contributed by atoms with Crippen LogP contribution in [0.1, 0.15) is 12.0 Å². The molecule has 0 saturated carbocycles. The highest BCUT2D eigenvalue weighted by molar-refractivity contribution is 5.77. The van der Waals surface area contributed by atoms with E-state index >= 15 is 0 Å². The van der Waals surface area contributed by atoms with Crippen LogP contribution in [0.4, 0.5) is 0 Å². The van der Waals surface area contributed by atoms with Crippen molar-refractivity contribution in [3.8, 4) is 0 Å². The number of likely N-dealkylation sites (N-methyl/N-ethyl adjacent to an activating group) is 1. The molecule has 1 aliphatic heterocycles. The lowest BCUT2D eigenvalue weighted by Gasteiger charge is -2.17. The maximum atomic E-state index is 11.8. The van der Waals surface area contributed by atoms with Gasteiger partial charge in [-0.2, -0.15) is 0 Å². The first-order valence-electron chi connectivity index (χ1n) is 6.66. The largest absolute Gasteiger partial charge is 0.381 e. The summed E-state index contributed by atoms with van der Waals surface area (Å²) >= 11 is 0. The van der Waals surface area contributed by atoms with Crippen molar-refractivity contribution in [3.05, 3.63) is 30.1 Å². The van der Waals surface area contributed by atoms with Crippen molar-refractivity contribution in [3.63, 3.8) is 0 Å². The Bertz CT molecular complexity index is 391. The summed E-state index contributed by atoms with van der Waals surface area (Å²) in [5.41, 5.74) is 1.16. The first-order chi connectivity index (χ1) is 9.24. The minimum absolute atomic E-state index is 0.0726. The maximum Gasteiger partial charge on any atom is 0.234 e. The Hall–Kier alpha value is -1.46. The fourth-order valence-electron chi connectivity index (χ4n) is 2.16. The summed E-state index contributed by atoms with van der Waals surface area (Å²) in [5.74, 6) is 0.554. The van der Waals surface area contributed by atoms with E-state index in [4.69, 9.17) is 4.74 Å². The molecule has 0 aliphatic carbocycles. The Morgan fingerprint density at radius 2 is 2.32 bits per heavy atom. The minimum atomic E-state index is 0.0726. The number of ether oxygens (including phenoxy) is 1. The van der Waals surface area contributed by atoms with Crippen molar-refractivity contribution in [2.45, 2.75) is 13.0 Å². The van der Waals surface area contributed by atoms with Gasteiger partial charge in [-0.15, -0.1) is 0 Å². The highest BCUT2D eigenvalue weighted by Gasteiger charge is 2.16. The zero-order chi connectivity index (χ0) is 13.5. The number of nitrogens with one attached hydrogen (secondary N) is 1. The number of nitrogens with zero attached hydrogens (tertiary/aromatic N) is 2. The Balaban J connectivity index is 1.66. The molecule has 5 nitrogen and oxygen atoms in total. The van der Waals surface area contributed by atoms with Crippen LogP contribution in [0.2, 0.25) is 0 Å². The third-order valence-electron chi connectivity index (χ3n) is 3.23. The zero-order valence-electron chi connectivity index (χ0n) is 11.3. The normalized spacial score (nSPS) is 18.7. The molecular formula is C14H21N3O2. The topological polar surface area (TPSA) is 54.5 Å². The lowest BCUT2D eigenvalue weighted by Crippen LogP contribution is -2.37. The van der Waals surface area contributed by atoms with Crippen molar-refractivity contribution in [1.82, 2.24) is 15.2 Å². The van der Waals surface area contributed by atoms with Crippen molar-refractivity contribution < 1.29 is 9.53 Å². The van der Waals surface area contributed by atoms with Gasteiger partial charge in [-0.05, 0) is 31.2 Å². The van der Waals surface area contributed by atoms with Gasteiger partial charge in [0.15, 0.2) is 0 Å². The highest BCUT2D eigenvalue weighted by Crippen LogP contribution is 2.10. The Morgan fingerprint density at radius 1 is 1.53 bits per heavy atom. The summed E-state index contributed by atoms with van der Waals surface area (Å²) < 4.78 is 5.28. The van der Waals surface area contributed by atoms with Crippen LogP contribution in [0.3, 0.4) is 0 Å². The summed E-state index contributed by atoms with van der Waals surface area (Å²) in [6, 6.07) is 3.93. The second-order valence-corrected chi connectivity index (χ2v) is 5.06. The Labute approximate surface area is 114 Å². The monoisotopic (exact) mass is 263 g/mol. The van der Waals surface area contributed by atoms with Gasteiger partial charge in [0.05, 0.1) is 13.2 Å². The van der Waals surface area contributed by atoms with E-state index in [0.717, 1.165) is 38.3 Å². The molecule has 104 valence electrons. The summed E-state index contributed by atoms with van der Waals surface area (Å²) in [5, 5.41) is 2.97. The average molecular weight is 263 g/mol. The van der Waals surface area contributed by atoms with Crippen LogP contribution in [-0.2, 0) is 16.1 Å². The number of hydrogen-bond acceptors (Lipinski definition) is 4. The summed E-state index contributed by atoms with van der Waals surface area (Å²) in [6.45, 7) is 3.48. The standard InChI is InChI=1S/C14H21N3O2/c1-17(9-12-2-5-15-6-3-12)10-14(18)16-8-13-4-7-19-11-13/h2-3,5-6,13H,4,7-11H2,1H3,(H,16,18)/t13-/m1/s1. The maximum absolute atomic E-state index is 11.8. The Kier molecular flexibility index (Phi) is 5.30. The van der Waals surface area contributed by atoms with E-state index in [9.17, 15) is 4.79 Å². The number of carbonyl (C=O) groups excluding carboxylic acids is 1. The molecule has 2 heterocycles. The third-order valence-corrected chi connectivity index (χ3v) is 3.23. The molecule has 0 radical (unpaired) electrons. The number of amides is 1. The molecule has 0 aromatic carbocycles. The Morgan fingerprint density at radius 3 is 3.00 bits per heavy atom. The number of rotatable bonds is 6. The first-order valence-corrected chi connectivity index (χ1v) is 6.66.